The van der Waals surface area contributed by atoms with Crippen molar-refractivity contribution in [3.05, 3.63) is 119 Å². The van der Waals surface area contributed by atoms with Gasteiger partial charge in [-0.25, -0.2) is 9.59 Å². The van der Waals surface area contributed by atoms with Gasteiger partial charge >= 0.3 is 23.9 Å². The van der Waals surface area contributed by atoms with Crippen LogP contribution in [0.4, 0.5) is 0 Å². The van der Waals surface area contributed by atoms with Crippen LogP contribution in [0.5, 0.6) is 0 Å². The summed E-state index contributed by atoms with van der Waals surface area (Å²) >= 11 is 0. The van der Waals surface area contributed by atoms with Crippen LogP contribution in [0, 0.1) is 16.7 Å². The second-order valence-corrected chi connectivity index (χ2v) is 17.4. The molecule has 0 radical (unpaired) electrons. The third-order valence-electron chi connectivity index (χ3n) is 13.5. The Morgan fingerprint density at radius 2 is 1.40 bits per heavy atom. The number of hydrogen-bond donors (Lipinski definition) is 4. The van der Waals surface area contributed by atoms with Gasteiger partial charge in [-0.3, -0.25) is 19.2 Å². The second kappa shape index (κ2) is 16.5. The number of aliphatic hydroxyl groups excluding tert-OH is 2. The maximum atomic E-state index is 15.5. The molecular formula is C47H51NO14. The summed E-state index contributed by atoms with van der Waals surface area (Å²) in [5.41, 5.74) is -7.02. The van der Waals surface area contributed by atoms with E-state index in [4.69, 9.17) is 23.7 Å². The number of benzene rings is 3. The zero-order valence-electron chi connectivity index (χ0n) is 35.2. The molecule has 3 aliphatic carbocycles. The van der Waals surface area contributed by atoms with E-state index in [1.807, 2.05) is 0 Å². The Labute approximate surface area is 358 Å². The third kappa shape index (κ3) is 7.29. The van der Waals surface area contributed by atoms with E-state index in [1.165, 1.54) is 26.0 Å². The van der Waals surface area contributed by atoms with Gasteiger partial charge in [0, 0.05) is 37.7 Å². The molecular weight excluding hydrogens is 803 g/mol. The lowest BCUT2D eigenvalue weighted by Gasteiger charge is -2.67. The molecule has 15 heteroatoms. The van der Waals surface area contributed by atoms with Gasteiger partial charge < -0.3 is 44.3 Å². The van der Waals surface area contributed by atoms with Crippen molar-refractivity contribution in [1.29, 1.82) is 0 Å². The minimum atomic E-state index is -2.39. The molecule has 1 aliphatic heterocycles. The summed E-state index contributed by atoms with van der Waals surface area (Å²) in [5.74, 6) is -6.84. The highest BCUT2D eigenvalue weighted by Crippen LogP contribution is 2.64. The first-order chi connectivity index (χ1) is 29.3. The van der Waals surface area contributed by atoms with Gasteiger partial charge in [-0.2, -0.15) is 0 Å². The number of rotatable bonds is 10. The molecule has 4 aliphatic rings. The number of ketones is 1. The molecule has 3 fully saturated rings. The van der Waals surface area contributed by atoms with Crippen LogP contribution in [0.15, 0.2) is 102 Å². The Morgan fingerprint density at radius 1 is 0.823 bits per heavy atom. The molecule has 15 nitrogen and oxygen atoms in total. The largest absolute Gasteiger partial charge is 0.456 e. The minimum absolute atomic E-state index is 0.00289. The van der Waals surface area contributed by atoms with E-state index in [1.54, 1.807) is 92.7 Å². The summed E-state index contributed by atoms with van der Waals surface area (Å²) < 4.78 is 30.3. The lowest BCUT2D eigenvalue weighted by atomic mass is 9.44. The number of aliphatic hydroxyl groups is 3. The van der Waals surface area contributed by atoms with E-state index in [0.29, 0.717) is 5.56 Å². The van der Waals surface area contributed by atoms with Gasteiger partial charge in [0.25, 0.3) is 5.91 Å². The monoisotopic (exact) mass is 853 g/mol. The van der Waals surface area contributed by atoms with Crippen LogP contribution < -0.4 is 5.32 Å². The fourth-order valence-electron chi connectivity index (χ4n) is 10.2. The van der Waals surface area contributed by atoms with Crippen LogP contribution in [0.25, 0.3) is 0 Å². The Bertz CT molecular complexity index is 2280. The van der Waals surface area contributed by atoms with Crippen LogP contribution >= 0.6 is 0 Å². The van der Waals surface area contributed by atoms with Gasteiger partial charge in [0.05, 0.1) is 35.6 Å². The van der Waals surface area contributed by atoms with Crippen molar-refractivity contribution in [2.24, 2.45) is 16.7 Å². The number of esters is 4. The molecule has 1 heterocycles. The summed E-state index contributed by atoms with van der Waals surface area (Å²) in [6, 6.07) is 22.9. The van der Waals surface area contributed by atoms with Crippen molar-refractivity contribution >= 4 is 35.6 Å². The molecule has 3 aromatic carbocycles. The highest BCUT2D eigenvalue weighted by molar-refractivity contribution is 5.96. The molecule has 3 aromatic rings. The predicted molar refractivity (Wildman–Crippen MR) is 218 cm³/mol. The molecule has 1 amide bonds. The van der Waals surface area contributed by atoms with Crippen molar-refractivity contribution in [2.45, 2.75) is 108 Å². The van der Waals surface area contributed by atoms with Gasteiger partial charge in [0.1, 0.15) is 23.9 Å². The first-order valence-electron chi connectivity index (χ1n) is 20.5. The lowest BCUT2D eigenvalue weighted by molar-refractivity contribution is -0.346. The topological polar surface area (TPSA) is 221 Å². The molecule has 0 spiro atoms. The Hall–Kier alpha value is -5.74. The standard InChI is InChI=1S/C47H51NO14/c1-25-31(60-43(56)36(52)35(28-16-10-7-11-17-28)48-41(54)29-18-12-8-13-19-29)23-47(57)40(61-42(55)30-20-14-9-15-21-30)38-45(6,32(51)22-33-46(38,24-58-33)62-27(3)50)39(53)37(59-26(2)49)34(25)44(47,4)5/h7-21,31-33,35-38,40,51-52,57H,22-24H2,1-6H3,(H,48,54)/t31-,32-,33+,35-,36-,37+,38?,40-,45+,46-,47+/m0/s1. The highest BCUT2D eigenvalue weighted by Gasteiger charge is 2.78. The second-order valence-electron chi connectivity index (χ2n) is 17.4. The average molecular weight is 854 g/mol. The van der Waals surface area contributed by atoms with E-state index < -0.39 is 113 Å². The van der Waals surface area contributed by atoms with Crippen LogP contribution in [-0.4, -0.2) is 105 Å². The number of carbonyl (C=O) groups excluding carboxylic acids is 6. The van der Waals surface area contributed by atoms with Gasteiger partial charge in [0.2, 0.25) is 0 Å². The van der Waals surface area contributed by atoms with Crippen LogP contribution in [-0.2, 0) is 42.9 Å². The lowest BCUT2D eigenvalue weighted by Crippen LogP contribution is -2.82. The van der Waals surface area contributed by atoms with E-state index in [-0.39, 0.29) is 35.3 Å². The first-order valence-corrected chi connectivity index (χ1v) is 20.5. The van der Waals surface area contributed by atoms with Crippen LogP contribution in [0.2, 0.25) is 0 Å². The third-order valence-corrected chi connectivity index (χ3v) is 13.5. The summed E-state index contributed by atoms with van der Waals surface area (Å²) in [4.78, 5) is 83.5. The molecule has 2 saturated carbocycles. The fourth-order valence-corrected chi connectivity index (χ4v) is 10.2. The van der Waals surface area contributed by atoms with Crippen molar-refractivity contribution in [1.82, 2.24) is 5.32 Å². The Morgan fingerprint density at radius 3 is 1.95 bits per heavy atom. The number of amides is 1. The number of Topliss-reactive ketones (excluding diaryl/α,β-unsaturated/α-hetero) is 1. The van der Waals surface area contributed by atoms with E-state index >= 15 is 4.79 Å². The zero-order chi connectivity index (χ0) is 44.9. The van der Waals surface area contributed by atoms with Crippen molar-refractivity contribution in [3.8, 4) is 0 Å². The molecule has 11 atom stereocenters. The molecule has 1 saturated heterocycles. The SMILES string of the molecule is CC(=O)O[C@H]1C(=O)[C@@]2(C)C([C@H](OC(=O)c3ccccc3)[C@]3(O)C[C@H](OC(=O)[C@@H](O)[C@@H](NC(=O)c4ccccc4)c4ccccc4)C(C)=C1C3(C)C)[C@]1(OC(C)=O)CO[C@@H]1C[C@@H]2O. The average Bonchev–Trinajstić information content (AvgIpc) is 3.24. The summed E-state index contributed by atoms with van der Waals surface area (Å²) in [6.07, 6.45) is -10.5. The van der Waals surface area contributed by atoms with Gasteiger partial charge in [-0.05, 0) is 54.8 Å². The quantitative estimate of drug-likeness (QED) is 0.130. The number of fused-ring (bicyclic) bond motifs is 5. The van der Waals surface area contributed by atoms with E-state index in [0.717, 1.165) is 13.8 Å². The fraction of sp³-hybridized carbons (Fsp3) is 0.447. The van der Waals surface area contributed by atoms with E-state index in [2.05, 4.69) is 5.32 Å². The maximum absolute atomic E-state index is 15.5. The molecule has 0 aromatic heterocycles. The normalized spacial score (nSPS) is 31.9. The molecule has 1 unspecified atom stereocenters. The summed E-state index contributed by atoms with van der Waals surface area (Å²) in [7, 11) is 0. The molecule has 62 heavy (non-hydrogen) atoms. The summed E-state index contributed by atoms with van der Waals surface area (Å²) in [5, 5.41) is 40.2. The number of hydrogen-bond acceptors (Lipinski definition) is 14. The molecule has 2 bridgehead atoms. The van der Waals surface area contributed by atoms with Crippen molar-refractivity contribution in [2.75, 3.05) is 6.61 Å². The smallest absolute Gasteiger partial charge is 0.338 e. The molecule has 7 rings (SSSR count). The summed E-state index contributed by atoms with van der Waals surface area (Å²) in [6.45, 7) is 7.97. The maximum Gasteiger partial charge on any atom is 0.338 e. The zero-order valence-corrected chi connectivity index (χ0v) is 35.2. The Kier molecular flexibility index (Phi) is 11.8. The van der Waals surface area contributed by atoms with Gasteiger partial charge in [-0.15, -0.1) is 0 Å². The Balaban J connectivity index is 1.39. The van der Waals surface area contributed by atoms with Crippen LogP contribution in [0.3, 0.4) is 0 Å². The van der Waals surface area contributed by atoms with Gasteiger partial charge in [-0.1, -0.05) is 80.6 Å². The predicted octanol–water partition coefficient (Wildman–Crippen LogP) is 3.74. The minimum Gasteiger partial charge on any atom is -0.456 e. The molecule has 4 N–H and O–H groups in total. The van der Waals surface area contributed by atoms with Gasteiger partial charge in [0.15, 0.2) is 23.6 Å². The van der Waals surface area contributed by atoms with E-state index in [9.17, 15) is 39.3 Å². The number of ether oxygens (including phenoxy) is 5. The first kappa shape index (κ1) is 44.3. The highest BCUT2D eigenvalue weighted by atomic mass is 16.6. The number of carbonyl (C=O) groups is 6. The molecule has 328 valence electrons. The van der Waals surface area contributed by atoms with Crippen molar-refractivity contribution in [3.63, 3.8) is 0 Å². The van der Waals surface area contributed by atoms with Crippen molar-refractivity contribution < 1.29 is 67.8 Å². The number of nitrogens with one attached hydrogen (secondary N) is 1. The van der Waals surface area contributed by atoms with Crippen LogP contribution in [0.1, 0.15) is 86.7 Å².